The molecule has 0 atom stereocenters. The van der Waals surface area contributed by atoms with Gasteiger partial charge in [-0.2, -0.15) is 0 Å². The van der Waals surface area contributed by atoms with Gasteiger partial charge in [0.25, 0.3) is 0 Å². The highest BCUT2D eigenvalue weighted by molar-refractivity contribution is 6.07. The second kappa shape index (κ2) is 5.87. The van der Waals surface area contributed by atoms with Crippen molar-refractivity contribution in [2.24, 2.45) is 0 Å². The molecule has 0 unspecified atom stereocenters. The number of aromatic nitrogens is 2. The van der Waals surface area contributed by atoms with E-state index in [1.807, 2.05) is 25.1 Å². The van der Waals surface area contributed by atoms with E-state index in [1.54, 1.807) is 36.7 Å². The van der Waals surface area contributed by atoms with Crippen LogP contribution in [-0.2, 0) is 0 Å². The molecule has 2 rings (SSSR count). The van der Waals surface area contributed by atoms with E-state index in [9.17, 15) is 4.79 Å². The molecule has 3 heteroatoms. The van der Waals surface area contributed by atoms with Crippen LogP contribution < -0.4 is 0 Å². The molecule has 0 aliphatic carbocycles. The van der Waals surface area contributed by atoms with Crippen molar-refractivity contribution in [3.63, 3.8) is 0 Å². The second-order valence-electron chi connectivity index (χ2n) is 3.82. The molecule has 18 heavy (non-hydrogen) atoms. The minimum absolute atomic E-state index is 0.0851. The lowest BCUT2D eigenvalue weighted by Gasteiger charge is -2.03. The Balaban J connectivity index is 2.29. The average Bonchev–Trinajstić information content (AvgIpc) is 2.46. The molecule has 0 aromatic carbocycles. The summed E-state index contributed by atoms with van der Waals surface area (Å²) >= 11 is 0. The van der Waals surface area contributed by atoms with Crippen molar-refractivity contribution in [2.75, 3.05) is 0 Å². The lowest BCUT2D eigenvalue weighted by Crippen LogP contribution is -1.99. The number of carbonyl (C=O) groups excluding carboxylic acids is 1. The molecule has 2 aromatic heterocycles. The third kappa shape index (κ3) is 2.88. The minimum atomic E-state index is -0.0851. The van der Waals surface area contributed by atoms with Crippen LogP contribution in [0.5, 0.6) is 0 Å². The lowest BCUT2D eigenvalue weighted by atomic mass is 10.1. The van der Waals surface area contributed by atoms with Gasteiger partial charge in [-0.1, -0.05) is 19.1 Å². The van der Waals surface area contributed by atoms with Crippen molar-refractivity contribution >= 4 is 11.4 Å². The van der Waals surface area contributed by atoms with Crippen LogP contribution in [0.3, 0.4) is 0 Å². The van der Waals surface area contributed by atoms with Crippen molar-refractivity contribution < 1.29 is 4.79 Å². The first-order valence-electron chi connectivity index (χ1n) is 5.88. The highest BCUT2D eigenvalue weighted by atomic mass is 16.1. The van der Waals surface area contributed by atoms with E-state index < -0.39 is 0 Å². The molecular weight excluding hydrogens is 224 g/mol. The molecule has 2 aromatic rings. The van der Waals surface area contributed by atoms with E-state index in [0.29, 0.717) is 5.69 Å². The molecule has 0 aliphatic rings. The summed E-state index contributed by atoms with van der Waals surface area (Å²) in [6, 6.07) is 11.0. The Morgan fingerprint density at radius 1 is 1.06 bits per heavy atom. The van der Waals surface area contributed by atoms with Gasteiger partial charge in [0.05, 0.1) is 5.69 Å². The second-order valence-corrected chi connectivity index (χ2v) is 3.82. The van der Waals surface area contributed by atoms with E-state index >= 15 is 0 Å². The Kier molecular flexibility index (Phi) is 3.97. The molecule has 0 saturated heterocycles. The summed E-state index contributed by atoms with van der Waals surface area (Å²) in [7, 11) is 0. The van der Waals surface area contributed by atoms with Crippen LogP contribution in [0.15, 0.2) is 54.9 Å². The molecule has 2 heterocycles. The molecule has 0 aliphatic heterocycles. The number of rotatable bonds is 4. The zero-order valence-electron chi connectivity index (χ0n) is 10.2. The van der Waals surface area contributed by atoms with E-state index in [-0.39, 0.29) is 5.78 Å². The third-order valence-electron chi connectivity index (χ3n) is 2.60. The predicted octanol–water partition coefficient (Wildman–Crippen LogP) is 3.15. The first kappa shape index (κ1) is 12.2. The number of hydrogen-bond acceptors (Lipinski definition) is 3. The fourth-order valence-electron chi connectivity index (χ4n) is 1.65. The van der Waals surface area contributed by atoms with Crippen LogP contribution in [0.2, 0.25) is 0 Å². The topological polar surface area (TPSA) is 42.9 Å². The third-order valence-corrected chi connectivity index (χ3v) is 2.60. The number of nitrogens with zero attached hydrogens (tertiary/aromatic N) is 2. The van der Waals surface area contributed by atoms with Crippen LogP contribution in [0.4, 0.5) is 0 Å². The van der Waals surface area contributed by atoms with Crippen molar-refractivity contribution in [2.45, 2.75) is 13.3 Å². The first-order chi connectivity index (χ1) is 8.81. The smallest absolute Gasteiger partial charge is 0.204 e. The SMILES string of the molecule is CCC(=CC(=O)c1ccccn1)c1ccccn1. The zero-order valence-corrected chi connectivity index (χ0v) is 10.2. The van der Waals surface area contributed by atoms with Crippen molar-refractivity contribution in [1.29, 1.82) is 0 Å². The number of pyridine rings is 2. The normalized spacial score (nSPS) is 11.3. The van der Waals surface area contributed by atoms with Crippen LogP contribution in [0.25, 0.3) is 5.57 Å². The molecule has 0 amide bonds. The Morgan fingerprint density at radius 2 is 1.67 bits per heavy atom. The van der Waals surface area contributed by atoms with E-state index in [1.165, 1.54) is 0 Å². The fourth-order valence-corrected chi connectivity index (χ4v) is 1.65. The van der Waals surface area contributed by atoms with Crippen LogP contribution in [0, 0.1) is 0 Å². The highest BCUT2D eigenvalue weighted by Crippen LogP contribution is 2.15. The van der Waals surface area contributed by atoms with Crippen molar-refractivity contribution in [3.05, 3.63) is 66.3 Å². The van der Waals surface area contributed by atoms with Gasteiger partial charge in [-0.3, -0.25) is 14.8 Å². The van der Waals surface area contributed by atoms with E-state index in [2.05, 4.69) is 9.97 Å². The Bertz CT molecular complexity index is 547. The Morgan fingerprint density at radius 3 is 2.17 bits per heavy atom. The van der Waals surface area contributed by atoms with Gasteiger partial charge in [-0.25, -0.2) is 0 Å². The summed E-state index contributed by atoms with van der Waals surface area (Å²) in [5.41, 5.74) is 2.22. The Labute approximate surface area is 106 Å². The van der Waals surface area contributed by atoms with Crippen molar-refractivity contribution in [3.8, 4) is 0 Å². The standard InChI is InChI=1S/C15H14N2O/c1-2-12(13-7-3-5-9-16-13)11-15(18)14-8-4-6-10-17-14/h3-11H,2H2,1H3. The largest absolute Gasteiger partial charge is 0.288 e. The van der Waals surface area contributed by atoms with Gasteiger partial charge in [0, 0.05) is 12.4 Å². The van der Waals surface area contributed by atoms with Gasteiger partial charge in [0.2, 0.25) is 5.78 Å². The number of carbonyl (C=O) groups is 1. The monoisotopic (exact) mass is 238 g/mol. The van der Waals surface area contributed by atoms with E-state index in [0.717, 1.165) is 17.7 Å². The molecular formula is C15H14N2O. The van der Waals surface area contributed by atoms with Crippen LogP contribution >= 0.6 is 0 Å². The molecule has 0 spiro atoms. The molecule has 0 fully saturated rings. The molecule has 0 saturated carbocycles. The summed E-state index contributed by atoms with van der Waals surface area (Å²) in [4.78, 5) is 20.3. The minimum Gasteiger partial charge on any atom is -0.288 e. The quantitative estimate of drug-likeness (QED) is 0.607. The molecule has 0 bridgehead atoms. The number of ketones is 1. The van der Waals surface area contributed by atoms with Gasteiger partial charge >= 0.3 is 0 Å². The van der Waals surface area contributed by atoms with Gasteiger partial charge in [0.15, 0.2) is 0 Å². The maximum Gasteiger partial charge on any atom is 0.204 e. The van der Waals surface area contributed by atoms with Crippen LogP contribution in [0.1, 0.15) is 29.5 Å². The summed E-state index contributed by atoms with van der Waals surface area (Å²) in [6.07, 6.45) is 5.72. The molecule has 90 valence electrons. The van der Waals surface area contributed by atoms with Gasteiger partial charge < -0.3 is 0 Å². The molecule has 3 nitrogen and oxygen atoms in total. The zero-order chi connectivity index (χ0) is 12.8. The Hall–Kier alpha value is -2.29. The summed E-state index contributed by atoms with van der Waals surface area (Å²) in [5, 5.41) is 0. The highest BCUT2D eigenvalue weighted by Gasteiger charge is 2.07. The molecule has 0 N–H and O–H groups in total. The van der Waals surface area contributed by atoms with E-state index in [4.69, 9.17) is 0 Å². The van der Waals surface area contributed by atoms with Gasteiger partial charge in [-0.15, -0.1) is 0 Å². The number of allylic oxidation sites excluding steroid dienone is 2. The summed E-state index contributed by atoms with van der Waals surface area (Å²) in [5.74, 6) is -0.0851. The summed E-state index contributed by atoms with van der Waals surface area (Å²) in [6.45, 7) is 2.01. The molecule has 0 radical (unpaired) electrons. The number of hydrogen-bond donors (Lipinski definition) is 0. The van der Waals surface area contributed by atoms with Crippen molar-refractivity contribution in [1.82, 2.24) is 9.97 Å². The predicted molar refractivity (Wildman–Crippen MR) is 71.1 cm³/mol. The average molecular weight is 238 g/mol. The van der Waals surface area contributed by atoms with Crippen LogP contribution in [-0.4, -0.2) is 15.8 Å². The van der Waals surface area contributed by atoms with Gasteiger partial charge in [-0.05, 0) is 42.3 Å². The first-order valence-corrected chi connectivity index (χ1v) is 5.88. The fraction of sp³-hybridized carbons (Fsp3) is 0.133. The maximum atomic E-state index is 12.0. The summed E-state index contributed by atoms with van der Waals surface area (Å²) < 4.78 is 0. The maximum absolute atomic E-state index is 12.0. The lowest BCUT2D eigenvalue weighted by molar-refractivity contribution is 0.104. The van der Waals surface area contributed by atoms with Gasteiger partial charge in [0.1, 0.15) is 5.69 Å².